The molecule has 0 radical (unpaired) electrons. The third-order valence-electron chi connectivity index (χ3n) is 1.44. The highest BCUT2D eigenvalue weighted by Crippen LogP contribution is 2.23. The van der Waals surface area contributed by atoms with Gasteiger partial charge in [0.25, 0.3) is 0 Å². The molecule has 70 valence electrons. The van der Waals surface area contributed by atoms with Gasteiger partial charge in [-0.2, -0.15) is 12.6 Å². The molecule has 1 rings (SSSR count). The number of halogens is 1. The van der Waals surface area contributed by atoms with Crippen LogP contribution in [-0.2, 0) is 0 Å². The Kier molecular flexibility index (Phi) is 5.01. The Morgan fingerprint density at radius 2 is 2.08 bits per heavy atom. The van der Waals surface area contributed by atoms with Crippen LogP contribution in [0.1, 0.15) is 0 Å². The fourth-order valence-electron chi connectivity index (χ4n) is 0.842. The van der Waals surface area contributed by atoms with Crippen molar-refractivity contribution >= 4 is 28.6 Å². The molecular formula is C10H11BrOS. The quantitative estimate of drug-likeness (QED) is 0.644. The second-order valence-electron chi connectivity index (χ2n) is 2.40. The van der Waals surface area contributed by atoms with Gasteiger partial charge < -0.3 is 4.74 Å². The molecule has 3 heteroatoms. The Morgan fingerprint density at radius 1 is 1.31 bits per heavy atom. The molecule has 0 aliphatic carbocycles. The van der Waals surface area contributed by atoms with Crippen molar-refractivity contribution in [3.8, 4) is 5.75 Å². The summed E-state index contributed by atoms with van der Waals surface area (Å²) in [7, 11) is 0. The van der Waals surface area contributed by atoms with Gasteiger partial charge in [0.15, 0.2) is 0 Å². The van der Waals surface area contributed by atoms with Gasteiger partial charge in [-0.1, -0.05) is 24.3 Å². The summed E-state index contributed by atoms with van der Waals surface area (Å²) in [4.78, 5) is 0. The van der Waals surface area contributed by atoms with Crippen LogP contribution in [0, 0.1) is 0 Å². The SMILES string of the molecule is SCC=CCOc1ccccc1Br. The summed E-state index contributed by atoms with van der Waals surface area (Å²) in [5.41, 5.74) is 0. The third-order valence-corrected chi connectivity index (χ3v) is 2.31. The molecule has 0 spiro atoms. The highest BCUT2D eigenvalue weighted by Gasteiger charge is 1.95. The first kappa shape index (κ1) is 10.7. The lowest BCUT2D eigenvalue weighted by Gasteiger charge is -2.04. The highest BCUT2D eigenvalue weighted by atomic mass is 79.9. The van der Waals surface area contributed by atoms with Gasteiger partial charge >= 0.3 is 0 Å². The normalized spacial score (nSPS) is 10.6. The van der Waals surface area contributed by atoms with E-state index in [1.54, 1.807) is 0 Å². The summed E-state index contributed by atoms with van der Waals surface area (Å²) in [6.45, 7) is 0.586. The van der Waals surface area contributed by atoms with Crippen molar-refractivity contribution in [2.45, 2.75) is 0 Å². The molecule has 0 bridgehead atoms. The van der Waals surface area contributed by atoms with Gasteiger partial charge in [-0.15, -0.1) is 0 Å². The summed E-state index contributed by atoms with van der Waals surface area (Å²) in [5, 5.41) is 0. The summed E-state index contributed by atoms with van der Waals surface area (Å²) >= 11 is 7.45. The van der Waals surface area contributed by atoms with Crippen molar-refractivity contribution in [2.75, 3.05) is 12.4 Å². The lowest BCUT2D eigenvalue weighted by molar-refractivity contribution is 0.360. The van der Waals surface area contributed by atoms with Crippen LogP contribution in [0.15, 0.2) is 40.9 Å². The van der Waals surface area contributed by atoms with Crippen LogP contribution in [0.25, 0.3) is 0 Å². The molecule has 1 aromatic rings. The molecule has 1 nitrogen and oxygen atoms in total. The first-order chi connectivity index (χ1) is 6.34. The summed E-state index contributed by atoms with van der Waals surface area (Å²) in [6, 6.07) is 7.79. The van der Waals surface area contributed by atoms with Crippen LogP contribution in [0.4, 0.5) is 0 Å². The zero-order valence-corrected chi connectivity index (χ0v) is 9.59. The first-order valence-corrected chi connectivity index (χ1v) is 5.40. The lowest BCUT2D eigenvalue weighted by atomic mass is 10.3. The minimum atomic E-state index is 0.586. The monoisotopic (exact) mass is 258 g/mol. The van der Waals surface area contributed by atoms with E-state index in [1.807, 2.05) is 36.4 Å². The fraction of sp³-hybridized carbons (Fsp3) is 0.200. The zero-order chi connectivity index (χ0) is 9.52. The number of hydrogen-bond donors (Lipinski definition) is 1. The average Bonchev–Trinajstić information content (AvgIpc) is 2.15. The van der Waals surface area contributed by atoms with Crippen molar-refractivity contribution < 1.29 is 4.74 Å². The summed E-state index contributed by atoms with van der Waals surface area (Å²) in [6.07, 6.45) is 3.91. The highest BCUT2D eigenvalue weighted by molar-refractivity contribution is 9.10. The smallest absolute Gasteiger partial charge is 0.133 e. The molecule has 0 fully saturated rings. The van der Waals surface area contributed by atoms with Crippen LogP contribution in [0.3, 0.4) is 0 Å². The van der Waals surface area contributed by atoms with Crippen molar-refractivity contribution in [3.05, 3.63) is 40.9 Å². The molecule has 0 aromatic heterocycles. The van der Waals surface area contributed by atoms with Crippen LogP contribution in [0.2, 0.25) is 0 Å². The summed E-state index contributed by atoms with van der Waals surface area (Å²) in [5.74, 6) is 1.62. The second-order valence-corrected chi connectivity index (χ2v) is 3.61. The van der Waals surface area contributed by atoms with Crippen molar-refractivity contribution in [3.63, 3.8) is 0 Å². The molecule has 0 amide bonds. The molecule has 0 aliphatic rings. The van der Waals surface area contributed by atoms with E-state index in [9.17, 15) is 0 Å². The van der Waals surface area contributed by atoms with Gasteiger partial charge in [0.2, 0.25) is 0 Å². The van der Waals surface area contributed by atoms with Crippen molar-refractivity contribution in [1.29, 1.82) is 0 Å². The van der Waals surface area contributed by atoms with Gasteiger partial charge in [-0.3, -0.25) is 0 Å². The van der Waals surface area contributed by atoms with E-state index in [2.05, 4.69) is 28.6 Å². The Hall–Kier alpha value is -0.410. The minimum absolute atomic E-state index is 0.586. The Morgan fingerprint density at radius 3 is 2.77 bits per heavy atom. The van der Waals surface area contributed by atoms with E-state index in [0.717, 1.165) is 16.0 Å². The predicted molar refractivity (Wildman–Crippen MR) is 62.6 cm³/mol. The molecule has 0 atom stereocenters. The van der Waals surface area contributed by atoms with Gasteiger partial charge in [0.05, 0.1) is 4.47 Å². The van der Waals surface area contributed by atoms with Crippen LogP contribution >= 0.6 is 28.6 Å². The van der Waals surface area contributed by atoms with E-state index in [4.69, 9.17) is 4.74 Å². The van der Waals surface area contributed by atoms with Gasteiger partial charge in [0, 0.05) is 5.75 Å². The van der Waals surface area contributed by atoms with Crippen molar-refractivity contribution in [2.24, 2.45) is 0 Å². The van der Waals surface area contributed by atoms with Gasteiger partial charge in [-0.25, -0.2) is 0 Å². The maximum atomic E-state index is 5.47. The number of para-hydroxylation sites is 1. The fourth-order valence-corrected chi connectivity index (χ4v) is 1.39. The number of ether oxygens (including phenoxy) is 1. The van der Waals surface area contributed by atoms with E-state index in [-0.39, 0.29) is 0 Å². The van der Waals surface area contributed by atoms with Crippen molar-refractivity contribution in [1.82, 2.24) is 0 Å². The number of benzene rings is 1. The molecule has 13 heavy (non-hydrogen) atoms. The predicted octanol–water partition coefficient (Wildman–Crippen LogP) is 3.31. The number of rotatable bonds is 4. The maximum absolute atomic E-state index is 5.47. The Balaban J connectivity index is 2.45. The van der Waals surface area contributed by atoms with Crippen LogP contribution in [0.5, 0.6) is 5.75 Å². The third kappa shape index (κ3) is 3.87. The van der Waals surface area contributed by atoms with Gasteiger partial charge in [-0.05, 0) is 28.1 Å². The molecule has 0 saturated carbocycles. The molecule has 1 aromatic carbocycles. The molecule has 0 unspecified atom stereocenters. The molecule has 0 heterocycles. The second kappa shape index (κ2) is 6.11. The maximum Gasteiger partial charge on any atom is 0.133 e. The number of hydrogen-bond acceptors (Lipinski definition) is 2. The number of thiol groups is 1. The van der Waals surface area contributed by atoms with E-state index < -0.39 is 0 Å². The van der Waals surface area contributed by atoms with E-state index in [1.165, 1.54) is 0 Å². The zero-order valence-electron chi connectivity index (χ0n) is 7.11. The van der Waals surface area contributed by atoms with E-state index in [0.29, 0.717) is 6.61 Å². The molecule has 0 aliphatic heterocycles. The molecular weight excluding hydrogens is 248 g/mol. The largest absolute Gasteiger partial charge is 0.488 e. The van der Waals surface area contributed by atoms with Crippen LogP contribution in [-0.4, -0.2) is 12.4 Å². The summed E-state index contributed by atoms with van der Waals surface area (Å²) < 4.78 is 6.45. The average molecular weight is 259 g/mol. The van der Waals surface area contributed by atoms with Gasteiger partial charge in [0.1, 0.15) is 12.4 Å². The van der Waals surface area contributed by atoms with E-state index >= 15 is 0 Å². The molecule has 0 N–H and O–H groups in total. The molecule has 0 saturated heterocycles. The Labute approximate surface area is 92.3 Å². The standard InChI is InChI=1S/C10H11BrOS/c11-9-5-1-2-6-10(9)12-7-3-4-8-13/h1-6,13H,7-8H2. The first-order valence-electron chi connectivity index (χ1n) is 3.98. The lowest BCUT2D eigenvalue weighted by Crippen LogP contribution is -1.93. The minimum Gasteiger partial charge on any atom is -0.488 e. The topological polar surface area (TPSA) is 9.23 Å². The Bertz CT molecular complexity index is 286. The van der Waals surface area contributed by atoms with Crippen LogP contribution < -0.4 is 4.74 Å².